The van der Waals surface area contributed by atoms with E-state index in [-0.39, 0.29) is 11.4 Å². The van der Waals surface area contributed by atoms with Crippen LogP contribution >= 0.6 is 23.5 Å². The number of hydrogen-bond acceptors (Lipinski definition) is 6. The minimum absolute atomic E-state index is 0.0473. The fourth-order valence-electron chi connectivity index (χ4n) is 4.15. The smallest absolute Gasteiger partial charge is 0.416 e. The lowest BCUT2D eigenvalue weighted by Crippen LogP contribution is -2.35. The van der Waals surface area contributed by atoms with Crippen molar-refractivity contribution in [3.8, 4) is 11.4 Å². The highest BCUT2D eigenvalue weighted by Crippen LogP contribution is 2.34. The van der Waals surface area contributed by atoms with E-state index in [0.29, 0.717) is 44.5 Å². The number of nitrogens with one attached hydrogen (secondary N) is 1. The Morgan fingerprint density at radius 1 is 1.10 bits per heavy atom. The summed E-state index contributed by atoms with van der Waals surface area (Å²) in [6.45, 7) is 3.98. The van der Waals surface area contributed by atoms with E-state index in [2.05, 4.69) is 10.1 Å². The van der Waals surface area contributed by atoms with Gasteiger partial charge in [-0.05, 0) is 73.6 Å². The van der Waals surface area contributed by atoms with Gasteiger partial charge in [-0.1, -0.05) is 36.0 Å². The number of nitrogens with zero attached hydrogens (tertiary/aromatic N) is 4. The van der Waals surface area contributed by atoms with Crippen molar-refractivity contribution in [3.05, 3.63) is 88.8 Å². The third-order valence-electron chi connectivity index (χ3n) is 5.96. The number of alkyl halides is 3. The van der Waals surface area contributed by atoms with Crippen LogP contribution < -0.4 is 4.74 Å². The molecule has 0 saturated heterocycles. The fourth-order valence-corrected chi connectivity index (χ4v) is 5.96. The average Bonchev–Trinajstić information content (AvgIpc) is 3.44. The van der Waals surface area contributed by atoms with Gasteiger partial charge < -0.3 is 9.30 Å². The third-order valence-corrected chi connectivity index (χ3v) is 7.96. The van der Waals surface area contributed by atoms with Gasteiger partial charge >= 0.3 is 6.18 Å². The van der Waals surface area contributed by atoms with E-state index < -0.39 is 17.6 Å². The Balaban J connectivity index is 1.33. The van der Waals surface area contributed by atoms with Crippen LogP contribution in [0, 0.1) is 19.3 Å². The largest absolute Gasteiger partial charge is 0.493 e. The van der Waals surface area contributed by atoms with Crippen LogP contribution in [-0.2, 0) is 11.0 Å². The van der Waals surface area contributed by atoms with E-state index in [9.17, 15) is 18.0 Å². The number of ether oxygens (including phenoxy) is 1. The van der Waals surface area contributed by atoms with Crippen LogP contribution in [0.25, 0.3) is 11.8 Å². The van der Waals surface area contributed by atoms with Crippen LogP contribution in [0.1, 0.15) is 22.5 Å². The van der Waals surface area contributed by atoms with Gasteiger partial charge in [-0.3, -0.25) is 10.2 Å². The maximum Gasteiger partial charge on any atom is 0.416 e. The van der Waals surface area contributed by atoms with Crippen molar-refractivity contribution >= 4 is 50.9 Å². The van der Waals surface area contributed by atoms with E-state index in [1.54, 1.807) is 30.5 Å². The van der Waals surface area contributed by atoms with E-state index >= 15 is 0 Å². The standard InChI is InChI=1S/C27H22F3N5O2S2/c1-16-13-18(17(2)34(16)20-8-6-7-19(15-20)27(28,29)30)14-22-23(31)35-25(32-24(22)36)39-26(33-35)38-12-11-37-21-9-4-3-5-10-21/h3-10,13-15,31H,11-12H2,1-2H3/b22-14-,31-23?. The summed E-state index contributed by atoms with van der Waals surface area (Å²) in [4.78, 5) is 17.0. The van der Waals surface area contributed by atoms with Gasteiger partial charge in [0.2, 0.25) is 5.17 Å². The van der Waals surface area contributed by atoms with Gasteiger partial charge in [0.1, 0.15) is 5.75 Å². The maximum atomic E-state index is 13.3. The molecule has 12 heteroatoms. The van der Waals surface area contributed by atoms with Crippen molar-refractivity contribution in [2.45, 2.75) is 20.0 Å². The van der Waals surface area contributed by atoms with Crippen molar-refractivity contribution in [1.29, 1.82) is 5.41 Å². The number of para-hydroxylation sites is 1. The number of carbonyl (C=O) groups is 1. The molecule has 0 fully saturated rings. The lowest BCUT2D eigenvalue weighted by atomic mass is 10.1. The molecular formula is C27H22F3N5O2S2. The Kier molecular flexibility index (Phi) is 7.41. The quantitative estimate of drug-likeness (QED) is 0.271. The number of aromatic nitrogens is 1. The van der Waals surface area contributed by atoms with Crippen molar-refractivity contribution < 1.29 is 22.7 Å². The number of amidine groups is 2. The van der Waals surface area contributed by atoms with E-state index in [4.69, 9.17) is 10.1 Å². The van der Waals surface area contributed by atoms with E-state index in [1.165, 1.54) is 40.7 Å². The first-order valence-corrected chi connectivity index (χ1v) is 13.6. The number of carbonyl (C=O) groups excluding carboxylic acids is 1. The monoisotopic (exact) mass is 569 g/mol. The first kappa shape index (κ1) is 26.8. The number of hydrazone groups is 1. The van der Waals surface area contributed by atoms with Gasteiger partial charge in [-0.2, -0.15) is 23.2 Å². The Labute approximate surface area is 231 Å². The number of aliphatic imine (C=N–C) groups is 1. The van der Waals surface area contributed by atoms with E-state index in [1.807, 2.05) is 30.3 Å². The van der Waals surface area contributed by atoms with Crippen molar-refractivity contribution in [2.24, 2.45) is 10.1 Å². The summed E-state index contributed by atoms with van der Waals surface area (Å²) in [5, 5.41) is 14.7. The molecule has 39 heavy (non-hydrogen) atoms. The molecule has 0 spiro atoms. The van der Waals surface area contributed by atoms with Gasteiger partial charge in [-0.25, -0.2) is 0 Å². The summed E-state index contributed by atoms with van der Waals surface area (Å²) < 4.78 is 47.8. The molecule has 0 aliphatic carbocycles. The number of rotatable bonds is 6. The number of halogens is 3. The van der Waals surface area contributed by atoms with Crippen LogP contribution in [0.2, 0.25) is 0 Å². The van der Waals surface area contributed by atoms with Crippen molar-refractivity contribution in [1.82, 2.24) is 9.58 Å². The molecule has 0 bridgehead atoms. The van der Waals surface area contributed by atoms with Gasteiger partial charge in [0.05, 0.1) is 17.7 Å². The third kappa shape index (κ3) is 5.66. The summed E-state index contributed by atoms with van der Waals surface area (Å²) in [6.07, 6.45) is -2.92. The zero-order valence-electron chi connectivity index (χ0n) is 20.8. The predicted molar refractivity (Wildman–Crippen MR) is 150 cm³/mol. The number of fused-ring (bicyclic) bond motifs is 1. The molecule has 2 aromatic carbocycles. The van der Waals surface area contributed by atoms with Gasteiger partial charge in [-0.15, -0.1) is 5.10 Å². The van der Waals surface area contributed by atoms with Crippen LogP contribution in [-0.4, -0.2) is 43.2 Å². The molecule has 2 aliphatic rings. The number of benzene rings is 2. The zero-order valence-corrected chi connectivity index (χ0v) is 22.5. The zero-order chi connectivity index (χ0) is 27.7. The Morgan fingerprint density at radius 2 is 1.87 bits per heavy atom. The molecule has 7 nitrogen and oxygen atoms in total. The molecule has 3 aromatic rings. The fraction of sp³-hybridized carbons (Fsp3) is 0.185. The summed E-state index contributed by atoms with van der Waals surface area (Å²) in [5.74, 6) is 0.706. The summed E-state index contributed by atoms with van der Waals surface area (Å²) >= 11 is 2.66. The number of amides is 1. The number of aryl methyl sites for hydroxylation is 1. The number of thioether (sulfide) groups is 2. The topological polar surface area (TPSA) is 83.0 Å². The average molecular weight is 570 g/mol. The van der Waals surface area contributed by atoms with Crippen LogP contribution in [0.3, 0.4) is 0 Å². The normalized spacial score (nSPS) is 16.4. The van der Waals surface area contributed by atoms with Gasteiger partial charge in [0.15, 0.2) is 10.2 Å². The molecule has 0 unspecified atom stereocenters. The first-order valence-electron chi connectivity index (χ1n) is 11.8. The highest BCUT2D eigenvalue weighted by molar-refractivity contribution is 8.45. The second kappa shape index (κ2) is 10.8. The minimum atomic E-state index is -4.46. The first-order chi connectivity index (χ1) is 18.6. The molecule has 0 radical (unpaired) electrons. The maximum absolute atomic E-state index is 13.3. The highest BCUT2D eigenvalue weighted by Gasteiger charge is 2.36. The molecule has 1 N–H and O–H groups in total. The summed E-state index contributed by atoms with van der Waals surface area (Å²) in [5.41, 5.74) is 1.56. The molecule has 5 rings (SSSR count). The summed E-state index contributed by atoms with van der Waals surface area (Å²) in [7, 11) is 0. The molecule has 2 aliphatic heterocycles. The molecular weight excluding hydrogens is 547 g/mol. The van der Waals surface area contributed by atoms with Crippen LogP contribution in [0.4, 0.5) is 13.2 Å². The predicted octanol–water partition coefficient (Wildman–Crippen LogP) is 6.50. The molecule has 0 atom stereocenters. The molecule has 3 heterocycles. The lowest BCUT2D eigenvalue weighted by Gasteiger charge is -2.20. The van der Waals surface area contributed by atoms with Crippen LogP contribution in [0.5, 0.6) is 5.75 Å². The van der Waals surface area contributed by atoms with Gasteiger partial charge in [0, 0.05) is 22.8 Å². The summed E-state index contributed by atoms with van der Waals surface area (Å²) in [6, 6.07) is 16.3. The van der Waals surface area contributed by atoms with Gasteiger partial charge in [0.25, 0.3) is 5.91 Å². The minimum Gasteiger partial charge on any atom is -0.493 e. The lowest BCUT2D eigenvalue weighted by molar-refractivity contribution is -0.137. The van der Waals surface area contributed by atoms with Crippen molar-refractivity contribution in [3.63, 3.8) is 0 Å². The SMILES string of the molecule is Cc1cc(/C=C2/C(=N)N3N=C(SCCOc4ccccc4)SC3=NC2=O)c(C)n1-c1cccc(C(F)(F)F)c1. The number of hydrogen-bond donors (Lipinski definition) is 1. The van der Waals surface area contributed by atoms with E-state index in [0.717, 1.165) is 17.9 Å². The Morgan fingerprint density at radius 3 is 2.62 bits per heavy atom. The molecule has 1 amide bonds. The van der Waals surface area contributed by atoms with Crippen LogP contribution in [0.15, 0.2) is 76.3 Å². The van der Waals surface area contributed by atoms with Crippen molar-refractivity contribution in [2.75, 3.05) is 12.4 Å². The molecule has 0 saturated carbocycles. The molecule has 200 valence electrons. The highest BCUT2D eigenvalue weighted by atomic mass is 32.2. The second-order valence-corrected chi connectivity index (χ2v) is 10.9. The second-order valence-electron chi connectivity index (χ2n) is 8.61. The molecule has 1 aromatic heterocycles. The Bertz CT molecular complexity index is 1540. The Hall–Kier alpha value is -3.77.